The van der Waals surface area contributed by atoms with Gasteiger partial charge in [0.15, 0.2) is 5.84 Å². The molecule has 238 valence electrons. The first kappa shape index (κ1) is 32.0. The Morgan fingerprint density at radius 3 is 2.37 bits per heavy atom. The Morgan fingerprint density at radius 1 is 0.935 bits per heavy atom. The smallest absolute Gasteiger partial charge is 0.335 e. The highest BCUT2D eigenvalue weighted by Gasteiger charge is 2.41. The van der Waals surface area contributed by atoms with E-state index in [0.717, 1.165) is 15.4 Å². The number of sulfonamides is 1. The number of nitrogens with one attached hydrogen (secondary N) is 1. The van der Waals surface area contributed by atoms with Crippen LogP contribution in [0.15, 0.2) is 101 Å². The number of fused-ring (bicyclic) bond motifs is 1. The number of aliphatic imine (C=N–C) groups is 1. The Kier molecular flexibility index (Phi) is 9.57. The second-order valence-corrected chi connectivity index (χ2v) is 12.3. The fraction of sp³-hybridized carbons (Fsp3) is 0.206. The molecule has 2 N–H and O–H groups in total. The van der Waals surface area contributed by atoms with Crippen LogP contribution in [0, 0.1) is 13.8 Å². The number of carbonyl (C=O) groups excluding carboxylic acids is 1. The molecule has 1 aliphatic heterocycles. The van der Waals surface area contributed by atoms with E-state index in [2.05, 4.69) is 10.3 Å². The van der Waals surface area contributed by atoms with Crippen LogP contribution in [-0.2, 0) is 14.8 Å². The normalized spacial score (nSPS) is 14.0. The van der Waals surface area contributed by atoms with Gasteiger partial charge in [0.25, 0.3) is 15.9 Å². The number of aryl methyl sites for hydroxylation is 2. The molecule has 5 rings (SSSR count). The van der Waals surface area contributed by atoms with E-state index in [1.54, 1.807) is 42.5 Å². The Balaban J connectivity index is 1.51. The van der Waals surface area contributed by atoms with E-state index in [0.29, 0.717) is 17.2 Å². The Hall–Kier alpha value is -5.36. The molecule has 1 atom stereocenters. The summed E-state index contributed by atoms with van der Waals surface area (Å²) in [6, 6.07) is 24.2. The molecule has 46 heavy (non-hydrogen) atoms. The topological polar surface area (TPSA) is 144 Å². The van der Waals surface area contributed by atoms with Crippen LogP contribution in [0.5, 0.6) is 17.2 Å². The van der Waals surface area contributed by atoms with Crippen LogP contribution < -0.4 is 19.5 Å². The lowest BCUT2D eigenvalue weighted by atomic mass is 10.1. The second-order valence-electron chi connectivity index (χ2n) is 10.5. The van der Waals surface area contributed by atoms with Gasteiger partial charge in [-0.3, -0.25) is 4.79 Å². The molecule has 1 heterocycles. The van der Waals surface area contributed by atoms with Gasteiger partial charge in [-0.15, -0.1) is 0 Å². The molecule has 0 saturated carbocycles. The first-order valence-corrected chi connectivity index (χ1v) is 15.9. The van der Waals surface area contributed by atoms with Gasteiger partial charge in [-0.25, -0.2) is 22.5 Å². The average molecular weight is 644 g/mol. The van der Waals surface area contributed by atoms with Gasteiger partial charge in [0.1, 0.15) is 22.1 Å². The van der Waals surface area contributed by atoms with E-state index >= 15 is 0 Å². The minimum Gasteiger partial charge on any atom is -0.495 e. The van der Waals surface area contributed by atoms with E-state index in [1.165, 1.54) is 37.4 Å². The molecule has 12 heteroatoms. The number of benzene rings is 4. The molecular weight excluding hydrogens is 610 g/mol. The number of carbonyl (C=O) groups is 2. The van der Waals surface area contributed by atoms with E-state index in [-0.39, 0.29) is 47.3 Å². The molecule has 0 aliphatic carbocycles. The molecule has 0 spiro atoms. The van der Waals surface area contributed by atoms with Gasteiger partial charge < -0.3 is 24.6 Å². The number of ether oxygens (including phenoxy) is 3. The number of hydrogen-bond acceptors (Lipinski definition) is 8. The molecule has 1 unspecified atom stereocenters. The highest BCUT2D eigenvalue weighted by molar-refractivity contribution is 7.90. The predicted octanol–water partition coefficient (Wildman–Crippen LogP) is 5.60. The minimum atomic E-state index is -4.18. The first-order valence-electron chi connectivity index (χ1n) is 14.4. The van der Waals surface area contributed by atoms with Crippen LogP contribution in [-0.4, -0.2) is 61.9 Å². The van der Waals surface area contributed by atoms with Gasteiger partial charge in [0, 0.05) is 13.0 Å². The fourth-order valence-electron chi connectivity index (χ4n) is 4.95. The summed E-state index contributed by atoms with van der Waals surface area (Å²) in [7, 11) is -2.72. The number of carboxylic acid groups (broad SMARTS) is 1. The number of amidine groups is 1. The largest absolute Gasteiger partial charge is 0.495 e. The maximum Gasteiger partial charge on any atom is 0.335 e. The maximum atomic E-state index is 14.1. The van der Waals surface area contributed by atoms with Crippen molar-refractivity contribution in [2.24, 2.45) is 4.99 Å². The van der Waals surface area contributed by atoms with E-state index in [1.807, 2.05) is 32.0 Å². The number of methoxy groups -OCH3 is 1. The zero-order chi connectivity index (χ0) is 32.8. The number of amides is 1. The van der Waals surface area contributed by atoms with E-state index in [4.69, 9.17) is 14.2 Å². The van der Waals surface area contributed by atoms with Gasteiger partial charge in [0.2, 0.25) is 6.10 Å². The molecule has 0 fully saturated rings. The van der Waals surface area contributed by atoms with Gasteiger partial charge >= 0.3 is 5.97 Å². The quantitative estimate of drug-likeness (QED) is 0.190. The lowest BCUT2D eigenvalue weighted by Gasteiger charge is -2.33. The Labute approximate surface area is 267 Å². The van der Waals surface area contributed by atoms with E-state index < -0.39 is 28.0 Å². The molecule has 11 nitrogen and oxygen atoms in total. The summed E-state index contributed by atoms with van der Waals surface area (Å²) in [4.78, 5) is 30.0. The van der Waals surface area contributed by atoms with Crippen LogP contribution in [0.1, 0.15) is 27.9 Å². The van der Waals surface area contributed by atoms with Crippen molar-refractivity contribution in [2.45, 2.75) is 31.3 Å². The highest BCUT2D eigenvalue weighted by Crippen LogP contribution is 2.34. The number of para-hydroxylation sites is 3. The second kappa shape index (κ2) is 13.7. The van der Waals surface area contributed by atoms with E-state index in [9.17, 15) is 23.1 Å². The number of rotatable bonds is 12. The molecule has 0 saturated heterocycles. The Bertz CT molecular complexity index is 1890. The third-order valence-electron chi connectivity index (χ3n) is 7.21. The van der Waals surface area contributed by atoms with Gasteiger partial charge in [0.05, 0.1) is 30.7 Å². The summed E-state index contributed by atoms with van der Waals surface area (Å²) in [6.07, 6.45) is -1.31. The SMILES string of the molecule is COc1ccccc1NC(=O)C(Oc1ccc(C(=O)O)cc1)C1=Nc2ccccc2S(=O)(=O)N1CCCOc1ccc(C)cc1C. The van der Waals surface area contributed by atoms with Crippen molar-refractivity contribution in [1.29, 1.82) is 0 Å². The minimum absolute atomic E-state index is 0.0104. The number of anilines is 1. The van der Waals surface area contributed by atoms with Gasteiger partial charge in [-0.05, 0) is 74.0 Å². The molecule has 1 amide bonds. The summed E-state index contributed by atoms with van der Waals surface area (Å²) in [5, 5.41) is 12.1. The van der Waals surface area contributed by atoms with Crippen molar-refractivity contribution in [2.75, 3.05) is 25.6 Å². The van der Waals surface area contributed by atoms with Crippen LogP contribution in [0.3, 0.4) is 0 Å². The van der Waals surface area contributed by atoms with Crippen LogP contribution in [0.2, 0.25) is 0 Å². The maximum absolute atomic E-state index is 14.1. The average Bonchev–Trinajstić information content (AvgIpc) is 3.04. The van der Waals surface area contributed by atoms with Crippen LogP contribution >= 0.6 is 0 Å². The third kappa shape index (κ3) is 6.97. The van der Waals surface area contributed by atoms with Crippen molar-refractivity contribution in [3.63, 3.8) is 0 Å². The highest BCUT2D eigenvalue weighted by atomic mass is 32.2. The number of hydrogen-bond donors (Lipinski definition) is 2. The molecule has 1 aliphatic rings. The predicted molar refractivity (Wildman–Crippen MR) is 173 cm³/mol. The zero-order valence-electron chi connectivity index (χ0n) is 25.5. The molecule has 0 aromatic heterocycles. The number of aromatic carboxylic acids is 1. The van der Waals surface area contributed by atoms with Gasteiger partial charge in [-0.2, -0.15) is 0 Å². The lowest BCUT2D eigenvalue weighted by Crippen LogP contribution is -2.52. The Morgan fingerprint density at radius 2 is 1.65 bits per heavy atom. The molecular formula is C34H33N3O8S. The summed E-state index contributed by atoms with van der Waals surface area (Å²) in [6.45, 7) is 4.05. The lowest BCUT2D eigenvalue weighted by molar-refractivity contribution is -0.120. The molecule has 4 aromatic rings. The van der Waals surface area contributed by atoms with Crippen molar-refractivity contribution >= 4 is 39.1 Å². The molecule has 0 bridgehead atoms. The van der Waals surface area contributed by atoms with Crippen molar-refractivity contribution in [3.05, 3.63) is 108 Å². The van der Waals surface area contributed by atoms with Crippen LogP contribution in [0.4, 0.5) is 11.4 Å². The molecule has 0 radical (unpaired) electrons. The van der Waals surface area contributed by atoms with Crippen LogP contribution in [0.25, 0.3) is 0 Å². The van der Waals surface area contributed by atoms with Crippen molar-refractivity contribution < 1.29 is 37.3 Å². The first-order chi connectivity index (χ1) is 22.1. The van der Waals surface area contributed by atoms with Crippen molar-refractivity contribution in [3.8, 4) is 17.2 Å². The fourth-order valence-corrected chi connectivity index (χ4v) is 6.56. The van der Waals surface area contributed by atoms with Crippen molar-refractivity contribution in [1.82, 2.24) is 4.31 Å². The third-order valence-corrected chi connectivity index (χ3v) is 9.06. The van der Waals surface area contributed by atoms with Gasteiger partial charge in [-0.1, -0.05) is 42.0 Å². The summed E-state index contributed by atoms with van der Waals surface area (Å²) >= 11 is 0. The standard InChI is InChI=1S/C34H33N3O8S/c1-22-13-18-28(23(2)21-22)44-20-8-19-37-32(35-27-10-5-7-12-30(27)46(37,41)42)31(45-25-16-14-24(15-17-25)34(39)40)33(38)36-26-9-4-6-11-29(26)43-3/h4-7,9-18,21,31H,8,19-20H2,1-3H3,(H,36,38)(H,39,40). The summed E-state index contributed by atoms with van der Waals surface area (Å²) in [5.41, 5.74) is 2.55. The monoisotopic (exact) mass is 643 g/mol. The summed E-state index contributed by atoms with van der Waals surface area (Å²) < 4.78 is 46.7. The molecule has 4 aromatic carbocycles. The number of nitrogens with zero attached hydrogens (tertiary/aromatic N) is 2. The zero-order valence-corrected chi connectivity index (χ0v) is 26.3. The number of carboxylic acids is 1. The summed E-state index contributed by atoms with van der Waals surface area (Å²) in [5.74, 6) is -0.831.